The van der Waals surface area contributed by atoms with E-state index in [4.69, 9.17) is 5.84 Å². The zero-order valence-electron chi connectivity index (χ0n) is 20.3. The Morgan fingerprint density at radius 3 is 1.91 bits per heavy atom. The van der Waals surface area contributed by atoms with Crippen molar-refractivity contribution in [2.45, 2.75) is 76.7 Å². The molecule has 1 aromatic carbocycles. The minimum atomic E-state index is -4.99. The second-order valence-electron chi connectivity index (χ2n) is 9.56. The monoisotopic (exact) mass is 510 g/mol. The maximum Gasteiger partial charge on any atom is 0.416 e. The fourth-order valence-electron chi connectivity index (χ4n) is 4.60. The maximum absolute atomic E-state index is 13.0. The Morgan fingerprint density at radius 2 is 1.49 bits per heavy atom. The summed E-state index contributed by atoms with van der Waals surface area (Å²) >= 11 is 0. The van der Waals surface area contributed by atoms with Gasteiger partial charge in [0.1, 0.15) is 0 Å². The van der Waals surface area contributed by atoms with Gasteiger partial charge < -0.3 is 10.2 Å². The second kappa shape index (κ2) is 12.4. The zero-order valence-corrected chi connectivity index (χ0v) is 20.3. The van der Waals surface area contributed by atoms with Crippen molar-refractivity contribution in [3.8, 4) is 0 Å². The molecule has 1 aliphatic heterocycles. The van der Waals surface area contributed by atoms with Crippen LogP contribution in [0, 0.1) is 5.92 Å². The Kier molecular flexibility index (Phi) is 10.4. The molecule has 4 N–H and O–H groups in total. The SMILES string of the molecule is CCC.NNC1(CN2CCC(CNC(=O)c3cc(C(F)(F)F)cc(C(F)(F)F)c3)CC2)CCCC1. The van der Waals surface area contributed by atoms with Crippen LogP contribution < -0.4 is 16.6 Å². The number of hydrazine groups is 1. The number of piperidine rings is 1. The molecule has 2 fully saturated rings. The Hall–Kier alpha value is -1.85. The van der Waals surface area contributed by atoms with E-state index in [0.717, 1.165) is 58.2 Å². The lowest BCUT2D eigenvalue weighted by atomic mass is 9.93. The van der Waals surface area contributed by atoms with Gasteiger partial charge in [0.25, 0.3) is 5.91 Å². The van der Waals surface area contributed by atoms with E-state index in [1.807, 2.05) is 0 Å². The van der Waals surface area contributed by atoms with Crippen LogP contribution in [0.1, 0.15) is 80.3 Å². The summed E-state index contributed by atoms with van der Waals surface area (Å²) in [6.07, 6.45) is -2.85. The number of nitrogens with two attached hydrogens (primary N) is 1. The molecule has 1 amide bonds. The van der Waals surface area contributed by atoms with E-state index in [9.17, 15) is 31.1 Å². The predicted molar refractivity (Wildman–Crippen MR) is 122 cm³/mol. The first-order valence-corrected chi connectivity index (χ1v) is 12.1. The third kappa shape index (κ3) is 8.64. The molecule has 1 saturated heterocycles. The van der Waals surface area contributed by atoms with Gasteiger partial charge in [0.15, 0.2) is 0 Å². The van der Waals surface area contributed by atoms with Crippen molar-refractivity contribution >= 4 is 5.91 Å². The number of benzene rings is 1. The van der Waals surface area contributed by atoms with Crippen LogP contribution in [0.3, 0.4) is 0 Å². The average molecular weight is 511 g/mol. The summed E-state index contributed by atoms with van der Waals surface area (Å²) in [5.41, 5.74) is -0.754. The van der Waals surface area contributed by atoms with Crippen LogP contribution in [0.4, 0.5) is 26.3 Å². The largest absolute Gasteiger partial charge is 0.416 e. The average Bonchev–Trinajstić information content (AvgIpc) is 3.26. The number of nitrogens with one attached hydrogen (secondary N) is 2. The van der Waals surface area contributed by atoms with E-state index in [0.29, 0.717) is 12.1 Å². The van der Waals surface area contributed by atoms with Crippen molar-refractivity contribution in [1.29, 1.82) is 0 Å². The topological polar surface area (TPSA) is 70.4 Å². The van der Waals surface area contributed by atoms with E-state index in [2.05, 4.69) is 29.5 Å². The van der Waals surface area contributed by atoms with Crippen molar-refractivity contribution in [2.75, 3.05) is 26.2 Å². The lowest BCUT2D eigenvalue weighted by Crippen LogP contribution is -2.56. The number of nitrogens with zero attached hydrogens (tertiary/aromatic N) is 1. The van der Waals surface area contributed by atoms with Gasteiger partial charge in [0, 0.05) is 24.2 Å². The van der Waals surface area contributed by atoms with Crippen LogP contribution in [0.15, 0.2) is 18.2 Å². The fraction of sp³-hybridized carbons (Fsp3) is 0.708. The smallest absolute Gasteiger partial charge is 0.352 e. The minimum Gasteiger partial charge on any atom is -0.352 e. The molecule has 1 saturated carbocycles. The van der Waals surface area contributed by atoms with Gasteiger partial charge in [-0.05, 0) is 62.9 Å². The number of carbonyl (C=O) groups excluding carboxylic acids is 1. The molecule has 3 rings (SSSR count). The summed E-state index contributed by atoms with van der Waals surface area (Å²) < 4.78 is 78.0. The van der Waals surface area contributed by atoms with Crippen LogP contribution >= 0.6 is 0 Å². The van der Waals surface area contributed by atoms with E-state index in [1.165, 1.54) is 6.42 Å². The number of amides is 1. The van der Waals surface area contributed by atoms with Crippen molar-refractivity contribution in [2.24, 2.45) is 11.8 Å². The van der Waals surface area contributed by atoms with E-state index >= 15 is 0 Å². The second-order valence-corrected chi connectivity index (χ2v) is 9.56. The van der Waals surface area contributed by atoms with E-state index < -0.39 is 35.0 Å². The molecular weight excluding hydrogens is 474 g/mol. The van der Waals surface area contributed by atoms with Gasteiger partial charge in [0.05, 0.1) is 11.1 Å². The Balaban J connectivity index is 0.00000137. The Labute approximate surface area is 202 Å². The maximum atomic E-state index is 13.0. The van der Waals surface area contributed by atoms with Crippen LogP contribution in [-0.4, -0.2) is 42.5 Å². The standard InChI is InChI=1S/C21H28F6N4O.C3H8/c22-20(23,24)16-9-15(10-17(11-16)21(25,26)27)18(32)29-12-14-3-7-31(8-4-14)13-19(30-28)5-1-2-6-19;1-3-2/h9-11,14,30H,1-8,12-13,28H2,(H,29,32);3H2,1-2H3. The molecule has 0 atom stereocenters. The van der Waals surface area contributed by atoms with E-state index in [-0.39, 0.29) is 24.1 Å². The normalized spacial score (nSPS) is 19.2. The molecule has 0 bridgehead atoms. The van der Waals surface area contributed by atoms with Gasteiger partial charge >= 0.3 is 12.4 Å². The van der Waals surface area contributed by atoms with Crippen molar-refractivity contribution in [1.82, 2.24) is 15.6 Å². The lowest BCUT2D eigenvalue weighted by molar-refractivity contribution is -0.143. The van der Waals surface area contributed by atoms with Crippen molar-refractivity contribution < 1.29 is 31.1 Å². The highest BCUT2D eigenvalue weighted by atomic mass is 19.4. The predicted octanol–water partition coefficient (Wildman–Crippen LogP) is 5.36. The summed E-state index contributed by atoms with van der Waals surface area (Å²) in [7, 11) is 0. The van der Waals surface area contributed by atoms with Crippen molar-refractivity contribution in [3.63, 3.8) is 0 Å². The van der Waals surface area contributed by atoms with Crippen LogP contribution in [0.5, 0.6) is 0 Å². The van der Waals surface area contributed by atoms with E-state index in [1.54, 1.807) is 0 Å². The lowest BCUT2D eigenvalue weighted by Gasteiger charge is -2.38. The first-order chi connectivity index (χ1) is 16.3. The molecule has 0 unspecified atom stereocenters. The summed E-state index contributed by atoms with van der Waals surface area (Å²) in [6.45, 7) is 6.88. The molecule has 11 heteroatoms. The molecule has 0 radical (unpaired) electrons. The summed E-state index contributed by atoms with van der Waals surface area (Å²) in [4.78, 5) is 14.7. The number of halogens is 6. The Morgan fingerprint density at radius 1 is 1.00 bits per heavy atom. The number of rotatable bonds is 6. The summed E-state index contributed by atoms with van der Waals surface area (Å²) in [5, 5.41) is 2.51. The molecule has 35 heavy (non-hydrogen) atoms. The highest BCUT2D eigenvalue weighted by Gasteiger charge is 2.38. The minimum absolute atomic E-state index is 0.0137. The third-order valence-electron chi connectivity index (χ3n) is 6.50. The first-order valence-electron chi connectivity index (χ1n) is 12.1. The quantitative estimate of drug-likeness (QED) is 0.274. The molecule has 1 aliphatic carbocycles. The number of alkyl halides is 6. The molecule has 0 aromatic heterocycles. The fourth-order valence-corrected chi connectivity index (χ4v) is 4.60. The molecule has 1 heterocycles. The van der Waals surface area contributed by atoms with Gasteiger partial charge in [-0.2, -0.15) is 26.3 Å². The third-order valence-corrected chi connectivity index (χ3v) is 6.50. The highest BCUT2D eigenvalue weighted by Crippen LogP contribution is 2.36. The number of hydrogen-bond donors (Lipinski definition) is 3. The number of likely N-dealkylation sites (tertiary alicyclic amines) is 1. The number of hydrogen-bond acceptors (Lipinski definition) is 4. The number of carbonyl (C=O) groups is 1. The molecule has 1 aromatic rings. The summed E-state index contributed by atoms with van der Waals surface area (Å²) in [5.74, 6) is 4.92. The first kappa shape index (κ1) is 29.4. The van der Waals surface area contributed by atoms with Gasteiger partial charge in [-0.15, -0.1) is 0 Å². The highest BCUT2D eigenvalue weighted by molar-refractivity contribution is 5.94. The molecule has 200 valence electrons. The Bertz CT molecular complexity index is 781. The van der Waals surface area contributed by atoms with Crippen LogP contribution in [0.2, 0.25) is 0 Å². The van der Waals surface area contributed by atoms with Gasteiger partial charge in [-0.3, -0.25) is 16.1 Å². The van der Waals surface area contributed by atoms with Gasteiger partial charge in [-0.25, -0.2) is 0 Å². The van der Waals surface area contributed by atoms with Crippen LogP contribution in [0.25, 0.3) is 0 Å². The van der Waals surface area contributed by atoms with Gasteiger partial charge in [-0.1, -0.05) is 33.1 Å². The molecule has 2 aliphatic rings. The molecule has 0 spiro atoms. The van der Waals surface area contributed by atoms with Crippen molar-refractivity contribution in [3.05, 3.63) is 34.9 Å². The summed E-state index contributed by atoms with van der Waals surface area (Å²) in [6, 6.07) is 0.919. The molecular formula is C24H36F6N4O. The molecule has 5 nitrogen and oxygen atoms in total. The van der Waals surface area contributed by atoms with Crippen LogP contribution in [-0.2, 0) is 12.4 Å². The van der Waals surface area contributed by atoms with Gasteiger partial charge in [0.2, 0.25) is 0 Å². The zero-order chi connectivity index (χ0) is 26.3.